The Hall–Kier alpha value is -1.36. The molecule has 0 radical (unpaired) electrons. The fourth-order valence-electron chi connectivity index (χ4n) is 2.97. The summed E-state index contributed by atoms with van der Waals surface area (Å²) in [7, 11) is 0. The fraction of sp³-hybridized carbons (Fsp3) is 0.733. The molecular formula is C15H24N4O. The Morgan fingerprint density at radius 2 is 2.05 bits per heavy atom. The van der Waals surface area contributed by atoms with Gasteiger partial charge in [0.25, 0.3) is 5.56 Å². The van der Waals surface area contributed by atoms with E-state index in [4.69, 9.17) is 0 Å². The van der Waals surface area contributed by atoms with Gasteiger partial charge in [-0.25, -0.2) is 4.98 Å². The van der Waals surface area contributed by atoms with Gasteiger partial charge < -0.3 is 15.2 Å². The van der Waals surface area contributed by atoms with Crippen molar-refractivity contribution < 1.29 is 0 Å². The van der Waals surface area contributed by atoms with E-state index < -0.39 is 0 Å². The van der Waals surface area contributed by atoms with Gasteiger partial charge in [-0.05, 0) is 44.7 Å². The van der Waals surface area contributed by atoms with Crippen LogP contribution < -0.4 is 15.8 Å². The van der Waals surface area contributed by atoms with Crippen LogP contribution in [0.1, 0.15) is 38.4 Å². The monoisotopic (exact) mass is 276 g/mol. The van der Waals surface area contributed by atoms with E-state index in [-0.39, 0.29) is 5.56 Å². The van der Waals surface area contributed by atoms with Gasteiger partial charge in [-0.3, -0.25) is 4.79 Å². The second kappa shape index (κ2) is 5.95. The minimum Gasteiger partial charge on any atom is -0.353 e. The highest BCUT2D eigenvalue weighted by Crippen LogP contribution is 2.32. The summed E-state index contributed by atoms with van der Waals surface area (Å²) in [6.07, 6.45) is 5.71. The molecule has 0 aromatic carbocycles. The lowest BCUT2D eigenvalue weighted by Crippen LogP contribution is -2.38. The first-order valence-corrected chi connectivity index (χ1v) is 7.84. The first kappa shape index (κ1) is 13.6. The zero-order chi connectivity index (χ0) is 13.9. The zero-order valence-corrected chi connectivity index (χ0v) is 12.2. The van der Waals surface area contributed by atoms with Crippen molar-refractivity contribution in [2.24, 2.45) is 5.92 Å². The van der Waals surface area contributed by atoms with Crippen LogP contribution in [0.25, 0.3) is 0 Å². The van der Waals surface area contributed by atoms with Crippen LogP contribution in [0.5, 0.6) is 0 Å². The van der Waals surface area contributed by atoms with E-state index in [1.165, 1.54) is 25.7 Å². The number of hydrogen-bond acceptors (Lipinski definition) is 4. The van der Waals surface area contributed by atoms with Gasteiger partial charge in [0.15, 0.2) is 0 Å². The average molecular weight is 276 g/mol. The number of H-pyrrole nitrogens is 1. The average Bonchev–Trinajstić information content (AvgIpc) is 3.29. The van der Waals surface area contributed by atoms with E-state index in [0.29, 0.717) is 6.04 Å². The summed E-state index contributed by atoms with van der Waals surface area (Å²) in [4.78, 5) is 21.6. The van der Waals surface area contributed by atoms with Crippen molar-refractivity contribution in [1.82, 2.24) is 15.3 Å². The molecule has 110 valence electrons. The Morgan fingerprint density at radius 1 is 1.30 bits per heavy atom. The number of rotatable bonds is 5. The second-order valence-corrected chi connectivity index (χ2v) is 5.98. The molecule has 20 heavy (non-hydrogen) atoms. The van der Waals surface area contributed by atoms with Gasteiger partial charge in [-0.15, -0.1) is 0 Å². The van der Waals surface area contributed by atoms with E-state index in [1.54, 1.807) is 6.07 Å². The molecule has 1 saturated heterocycles. The maximum absolute atomic E-state index is 11.8. The lowest BCUT2D eigenvalue weighted by Gasteiger charge is -2.31. The number of anilines is 1. The maximum Gasteiger partial charge on any atom is 0.252 e. The number of nitrogens with zero attached hydrogens (tertiary/aromatic N) is 2. The van der Waals surface area contributed by atoms with Gasteiger partial charge in [0, 0.05) is 25.1 Å². The predicted molar refractivity (Wildman–Crippen MR) is 80.2 cm³/mol. The molecule has 5 heteroatoms. The zero-order valence-electron chi connectivity index (χ0n) is 12.2. The number of piperidine rings is 1. The maximum atomic E-state index is 11.8. The lowest BCUT2D eigenvalue weighted by molar-refractivity contribution is 0.372. The van der Waals surface area contributed by atoms with Gasteiger partial charge in [-0.2, -0.15) is 0 Å². The standard InChI is InChI=1S/C15H24N4O/c1-2-13-17-14(9-15(20)18-13)19(12-3-4-12)10-11-5-7-16-8-6-11/h9,11-12,16H,2-8,10H2,1H3,(H,17,18,20). The summed E-state index contributed by atoms with van der Waals surface area (Å²) < 4.78 is 0. The molecule has 0 amide bonds. The number of aromatic nitrogens is 2. The normalized spacial score (nSPS) is 20.1. The van der Waals surface area contributed by atoms with Crippen LogP contribution in [0.3, 0.4) is 0 Å². The molecule has 3 rings (SSSR count). The molecular weight excluding hydrogens is 252 g/mol. The molecule has 1 saturated carbocycles. The molecule has 1 aliphatic heterocycles. The van der Waals surface area contributed by atoms with Crippen LogP contribution in [0.2, 0.25) is 0 Å². The number of aryl methyl sites for hydroxylation is 1. The molecule has 1 aromatic heterocycles. The summed E-state index contributed by atoms with van der Waals surface area (Å²) in [5.41, 5.74) is -0.0252. The quantitative estimate of drug-likeness (QED) is 0.851. The Morgan fingerprint density at radius 3 is 2.70 bits per heavy atom. The van der Waals surface area contributed by atoms with Crippen molar-refractivity contribution in [2.75, 3.05) is 24.5 Å². The largest absolute Gasteiger partial charge is 0.353 e. The van der Waals surface area contributed by atoms with Crippen LogP contribution in [-0.2, 0) is 6.42 Å². The van der Waals surface area contributed by atoms with Gasteiger partial charge in [0.2, 0.25) is 0 Å². The summed E-state index contributed by atoms with van der Waals surface area (Å²) in [5.74, 6) is 2.40. The molecule has 0 spiro atoms. The van der Waals surface area contributed by atoms with Crippen molar-refractivity contribution in [3.8, 4) is 0 Å². The molecule has 1 aromatic rings. The Kier molecular flexibility index (Phi) is 4.05. The molecule has 0 unspecified atom stereocenters. The molecule has 2 N–H and O–H groups in total. The van der Waals surface area contributed by atoms with Crippen molar-refractivity contribution in [3.63, 3.8) is 0 Å². The van der Waals surface area contributed by atoms with Crippen LogP contribution in [0, 0.1) is 5.92 Å². The lowest BCUT2D eigenvalue weighted by atomic mass is 9.97. The van der Waals surface area contributed by atoms with E-state index in [9.17, 15) is 4.79 Å². The van der Waals surface area contributed by atoms with E-state index in [1.807, 2.05) is 6.92 Å². The third-order valence-corrected chi connectivity index (χ3v) is 4.31. The molecule has 2 aliphatic rings. The smallest absolute Gasteiger partial charge is 0.252 e. The fourth-order valence-corrected chi connectivity index (χ4v) is 2.97. The second-order valence-electron chi connectivity index (χ2n) is 5.98. The number of hydrogen-bond donors (Lipinski definition) is 2. The molecule has 5 nitrogen and oxygen atoms in total. The highest BCUT2D eigenvalue weighted by atomic mass is 16.1. The van der Waals surface area contributed by atoms with Gasteiger partial charge in [-0.1, -0.05) is 6.92 Å². The highest BCUT2D eigenvalue weighted by molar-refractivity contribution is 5.41. The highest BCUT2D eigenvalue weighted by Gasteiger charge is 2.32. The van der Waals surface area contributed by atoms with E-state index in [2.05, 4.69) is 20.2 Å². The molecule has 0 atom stereocenters. The minimum absolute atomic E-state index is 0.0252. The van der Waals surface area contributed by atoms with Crippen molar-refractivity contribution in [3.05, 3.63) is 22.2 Å². The van der Waals surface area contributed by atoms with E-state index in [0.717, 1.165) is 43.6 Å². The Bertz CT molecular complexity index is 503. The van der Waals surface area contributed by atoms with Gasteiger partial charge in [0.05, 0.1) is 0 Å². The third-order valence-electron chi connectivity index (χ3n) is 4.31. The van der Waals surface area contributed by atoms with Crippen molar-refractivity contribution >= 4 is 5.82 Å². The van der Waals surface area contributed by atoms with Crippen molar-refractivity contribution in [1.29, 1.82) is 0 Å². The Balaban J connectivity index is 1.79. The summed E-state index contributed by atoms with van der Waals surface area (Å²) in [5, 5.41) is 3.41. The Labute approximate surface area is 119 Å². The minimum atomic E-state index is -0.0252. The molecule has 2 heterocycles. The summed E-state index contributed by atoms with van der Waals surface area (Å²) >= 11 is 0. The molecule has 0 bridgehead atoms. The van der Waals surface area contributed by atoms with Gasteiger partial charge in [0.1, 0.15) is 11.6 Å². The first-order valence-electron chi connectivity index (χ1n) is 7.84. The van der Waals surface area contributed by atoms with Gasteiger partial charge >= 0.3 is 0 Å². The van der Waals surface area contributed by atoms with Crippen LogP contribution in [0.15, 0.2) is 10.9 Å². The first-order chi connectivity index (χ1) is 9.76. The third kappa shape index (κ3) is 3.20. The van der Waals surface area contributed by atoms with Crippen LogP contribution in [0.4, 0.5) is 5.82 Å². The number of nitrogens with one attached hydrogen (secondary N) is 2. The topological polar surface area (TPSA) is 61.0 Å². The molecule has 2 fully saturated rings. The predicted octanol–water partition coefficient (Wildman–Crippen LogP) is 1.30. The van der Waals surface area contributed by atoms with Crippen LogP contribution in [-0.4, -0.2) is 35.6 Å². The molecule has 1 aliphatic carbocycles. The number of aromatic amines is 1. The van der Waals surface area contributed by atoms with Crippen molar-refractivity contribution in [2.45, 2.75) is 45.1 Å². The SMILES string of the molecule is CCc1nc(N(CC2CCNCC2)C2CC2)cc(=O)[nH]1. The summed E-state index contributed by atoms with van der Waals surface area (Å²) in [6.45, 7) is 5.31. The summed E-state index contributed by atoms with van der Waals surface area (Å²) in [6, 6.07) is 2.27. The van der Waals surface area contributed by atoms with Crippen LogP contribution >= 0.6 is 0 Å². The van der Waals surface area contributed by atoms with E-state index >= 15 is 0 Å².